The fraction of sp³-hybridized carbons (Fsp3) is 0.111. The summed E-state index contributed by atoms with van der Waals surface area (Å²) in [4.78, 5) is 16.5. The standard InChI is InChI=1S/C18H9F6N5O/c19-17(20,21)12-5-10(6-13(7-12)18(22,23)24)16(30)28-15-11(8-25)9-27-29(15)14-3-1-2-4-26-14/h1-7,9H,(H,28,30). The number of hydrogen-bond acceptors (Lipinski definition) is 4. The average Bonchev–Trinajstić information content (AvgIpc) is 3.09. The summed E-state index contributed by atoms with van der Waals surface area (Å²) < 4.78 is 79.1. The van der Waals surface area contributed by atoms with Gasteiger partial charge in [0.25, 0.3) is 5.91 Å². The molecule has 0 spiro atoms. The summed E-state index contributed by atoms with van der Waals surface area (Å²) >= 11 is 0. The lowest BCUT2D eigenvalue weighted by atomic mass is 10.0. The third kappa shape index (κ3) is 4.24. The molecule has 0 unspecified atom stereocenters. The van der Waals surface area contributed by atoms with E-state index in [4.69, 9.17) is 0 Å². The minimum Gasteiger partial charge on any atom is -0.305 e. The Morgan fingerprint density at radius 1 is 1.03 bits per heavy atom. The van der Waals surface area contributed by atoms with Gasteiger partial charge in [0.2, 0.25) is 0 Å². The van der Waals surface area contributed by atoms with Crippen LogP contribution in [0.4, 0.5) is 32.2 Å². The zero-order valence-corrected chi connectivity index (χ0v) is 14.6. The van der Waals surface area contributed by atoms with E-state index in [9.17, 15) is 36.4 Å². The molecule has 0 aliphatic rings. The number of nitrogens with zero attached hydrogens (tertiary/aromatic N) is 4. The van der Waals surface area contributed by atoms with Crippen molar-refractivity contribution in [2.24, 2.45) is 0 Å². The molecule has 2 aromatic heterocycles. The molecule has 1 amide bonds. The quantitative estimate of drug-likeness (QED) is 0.630. The maximum Gasteiger partial charge on any atom is 0.416 e. The zero-order valence-electron chi connectivity index (χ0n) is 14.6. The van der Waals surface area contributed by atoms with Gasteiger partial charge in [0.05, 0.1) is 17.3 Å². The van der Waals surface area contributed by atoms with E-state index in [1.165, 1.54) is 12.3 Å². The predicted molar refractivity (Wildman–Crippen MR) is 90.5 cm³/mol. The topological polar surface area (TPSA) is 83.6 Å². The largest absolute Gasteiger partial charge is 0.416 e. The van der Waals surface area contributed by atoms with Gasteiger partial charge in [0.1, 0.15) is 11.6 Å². The van der Waals surface area contributed by atoms with Gasteiger partial charge in [-0.05, 0) is 30.3 Å². The van der Waals surface area contributed by atoms with E-state index in [2.05, 4.69) is 15.4 Å². The maximum absolute atomic E-state index is 13.0. The van der Waals surface area contributed by atoms with Crippen LogP contribution in [-0.4, -0.2) is 20.7 Å². The van der Waals surface area contributed by atoms with Crippen molar-refractivity contribution in [3.63, 3.8) is 0 Å². The molecule has 0 saturated heterocycles. The van der Waals surface area contributed by atoms with Crippen LogP contribution in [0.5, 0.6) is 0 Å². The van der Waals surface area contributed by atoms with Crippen LogP contribution in [-0.2, 0) is 12.4 Å². The second kappa shape index (κ2) is 7.51. The maximum atomic E-state index is 13.0. The molecule has 0 aliphatic heterocycles. The molecule has 0 fully saturated rings. The number of hydrogen-bond donors (Lipinski definition) is 1. The Hall–Kier alpha value is -3.88. The van der Waals surface area contributed by atoms with E-state index in [1.807, 2.05) is 0 Å². The summed E-state index contributed by atoms with van der Waals surface area (Å²) in [5.41, 5.74) is -4.34. The molecule has 6 nitrogen and oxygen atoms in total. The van der Waals surface area contributed by atoms with Gasteiger partial charge in [-0.25, -0.2) is 4.98 Å². The van der Waals surface area contributed by atoms with Gasteiger partial charge in [-0.2, -0.15) is 41.4 Å². The van der Waals surface area contributed by atoms with Crippen LogP contribution in [0, 0.1) is 11.3 Å². The van der Waals surface area contributed by atoms with Crippen molar-refractivity contribution < 1.29 is 31.1 Å². The van der Waals surface area contributed by atoms with E-state index < -0.39 is 35.0 Å². The van der Waals surface area contributed by atoms with Crippen LogP contribution in [0.25, 0.3) is 5.82 Å². The Morgan fingerprint density at radius 3 is 2.17 bits per heavy atom. The Bertz CT molecular complexity index is 1100. The molecule has 0 radical (unpaired) electrons. The lowest BCUT2D eigenvalue weighted by molar-refractivity contribution is -0.143. The fourth-order valence-corrected chi connectivity index (χ4v) is 2.47. The van der Waals surface area contributed by atoms with Crippen molar-refractivity contribution >= 4 is 11.7 Å². The highest BCUT2D eigenvalue weighted by atomic mass is 19.4. The summed E-state index contributed by atoms with van der Waals surface area (Å²) in [5, 5.41) is 15.2. The van der Waals surface area contributed by atoms with E-state index in [-0.39, 0.29) is 35.4 Å². The van der Waals surface area contributed by atoms with Crippen LogP contribution in [0.3, 0.4) is 0 Å². The molecular formula is C18H9F6N5O. The highest BCUT2D eigenvalue weighted by Crippen LogP contribution is 2.36. The first kappa shape index (κ1) is 20.8. The number of carbonyl (C=O) groups excluding carboxylic acids is 1. The number of benzene rings is 1. The molecule has 0 atom stereocenters. The SMILES string of the molecule is N#Cc1cnn(-c2ccccn2)c1NC(=O)c1cc(C(F)(F)F)cc(C(F)(F)F)c1. The summed E-state index contributed by atoms with van der Waals surface area (Å²) in [6.07, 6.45) is -7.76. The minimum absolute atomic E-state index is 0.0877. The molecule has 1 N–H and O–H groups in total. The Balaban J connectivity index is 2.05. The van der Waals surface area contributed by atoms with E-state index >= 15 is 0 Å². The van der Waals surface area contributed by atoms with Gasteiger partial charge in [0, 0.05) is 11.8 Å². The van der Waals surface area contributed by atoms with E-state index in [0.29, 0.717) is 0 Å². The molecule has 1 aromatic carbocycles. The normalized spacial score (nSPS) is 11.8. The van der Waals surface area contributed by atoms with Gasteiger partial charge >= 0.3 is 12.4 Å². The number of nitrogens with one attached hydrogen (secondary N) is 1. The second-order valence-electron chi connectivity index (χ2n) is 5.87. The third-order valence-corrected chi connectivity index (χ3v) is 3.84. The minimum atomic E-state index is -5.11. The van der Waals surface area contributed by atoms with Crippen LogP contribution < -0.4 is 5.32 Å². The van der Waals surface area contributed by atoms with Crippen LogP contribution >= 0.6 is 0 Å². The first-order valence-corrected chi connectivity index (χ1v) is 8.01. The average molecular weight is 425 g/mol. The molecule has 0 aliphatic carbocycles. The first-order valence-electron chi connectivity index (χ1n) is 8.01. The monoisotopic (exact) mass is 425 g/mol. The number of pyridine rings is 1. The Kier molecular flexibility index (Phi) is 5.22. The third-order valence-electron chi connectivity index (χ3n) is 3.84. The van der Waals surface area contributed by atoms with Gasteiger partial charge in [-0.1, -0.05) is 6.07 Å². The molecule has 0 saturated carbocycles. The van der Waals surface area contributed by atoms with Crippen molar-refractivity contribution in [1.29, 1.82) is 5.26 Å². The number of halogens is 6. The number of alkyl halides is 6. The molecule has 0 bridgehead atoms. The Morgan fingerprint density at radius 2 is 1.67 bits per heavy atom. The van der Waals surface area contributed by atoms with Gasteiger partial charge < -0.3 is 5.32 Å². The molecule has 2 heterocycles. The molecule has 3 rings (SSSR count). The predicted octanol–water partition coefficient (Wildman–Crippen LogP) is 4.43. The summed E-state index contributed by atoms with van der Waals surface area (Å²) in [7, 11) is 0. The Labute approximate surface area is 164 Å². The van der Waals surface area contributed by atoms with Gasteiger partial charge in [-0.3, -0.25) is 4.79 Å². The molecule has 30 heavy (non-hydrogen) atoms. The summed E-state index contributed by atoms with van der Waals surface area (Å²) in [6, 6.07) is 6.84. The number of rotatable bonds is 3. The number of aromatic nitrogens is 3. The molecule has 3 aromatic rings. The lowest BCUT2D eigenvalue weighted by Crippen LogP contribution is -2.19. The van der Waals surface area contributed by atoms with Crippen LogP contribution in [0.2, 0.25) is 0 Å². The van der Waals surface area contributed by atoms with Crippen molar-refractivity contribution in [2.45, 2.75) is 12.4 Å². The number of carbonyl (C=O) groups is 1. The highest BCUT2D eigenvalue weighted by Gasteiger charge is 2.37. The molecular weight excluding hydrogens is 416 g/mol. The number of amides is 1. The van der Waals surface area contributed by atoms with Crippen LogP contribution in [0.1, 0.15) is 27.0 Å². The van der Waals surface area contributed by atoms with Crippen molar-refractivity contribution in [3.8, 4) is 11.9 Å². The summed E-state index contributed by atoms with van der Waals surface area (Å²) in [6.45, 7) is 0. The molecule has 154 valence electrons. The lowest BCUT2D eigenvalue weighted by Gasteiger charge is -2.14. The van der Waals surface area contributed by atoms with Crippen LogP contribution in [0.15, 0.2) is 48.8 Å². The number of nitriles is 1. The fourth-order valence-electron chi connectivity index (χ4n) is 2.47. The highest BCUT2D eigenvalue weighted by molar-refractivity contribution is 6.04. The zero-order chi connectivity index (χ0) is 22.1. The van der Waals surface area contributed by atoms with Crippen molar-refractivity contribution in [3.05, 3.63) is 71.0 Å². The van der Waals surface area contributed by atoms with Gasteiger partial charge in [-0.15, -0.1) is 0 Å². The van der Waals surface area contributed by atoms with E-state index in [1.54, 1.807) is 18.2 Å². The van der Waals surface area contributed by atoms with Gasteiger partial charge in [0.15, 0.2) is 11.6 Å². The smallest absolute Gasteiger partial charge is 0.305 e. The number of anilines is 1. The van der Waals surface area contributed by atoms with Crippen molar-refractivity contribution in [1.82, 2.24) is 14.8 Å². The first-order chi connectivity index (χ1) is 14.0. The second-order valence-corrected chi connectivity index (χ2v) is 5.87. The van der Waals surface area contributed by atoms with Crippen molar-refractivity contribution in [2.75, 3.05) is 5.32 Å². The summed E-state index contributed by atoms with van der Waals surface area (Å²) in [5.74, 6) is -1.39. The molecule has 12 heteroatoms. The van der Waals surface area contributed by atoms with E-state index in [0.717, 1.165) is 10.9 Å².